The molecule has 0 aliphatic heterocycles. The highest BCUT2D eigenvalue weighted by Crippen LogP contribution is 2.25. The first-order chi connectivity index (χ1) is 7.07. The van der Waals surface area contributed by atoms with Crippen LogP contribution in [0.3, 0.4) is 0 Å². The van der Waals surface area contributed by atoms with E-state index in [0.29, 0.717) is 0 Å². The van der Waals surface area contributed by atoms with E-state index in [-0.39, 0.29) is 6.61 Å². The van der Waals surface area contributed by atoms with E-state index in [2.05, 4.69) is 19.7 Å². The zero-order valence-corrected chi connectivity index (χ0v) is 7.61. The molecule has 0 saturated carbocycles. The number of aromatic nitrogens is 2. The van der Waals surface area contributed by atoms with E-state index in [1.54, 1.807) is 0 Å². The number of ether oxygens (including phenoxy) is 1. The summed E-state index contributed by atoms with van der Waals surface area (Å²) in [6.07, 6.45) is -6.01. The molecule has 0 bridgehead atoms. The number of carbonyl (C=O) groups is 1. The topological polar surface area (TPSA) is 65.2 Å². The molecule has 0 aliphatic rings. The van der Waals surface area contributed by atoms with Crippen molar-refractivity contribution in [3.05, 3.63) is 11.4 Å². The van der Waals surface area contributed by atoms with E-state index in [0.717, 1.165) is 0 Å². The van der Waals surface area contributed by atoms with Crippen molar-refractivity contribution in [2.24, 2.45) is 0 Å². The van der Waals surface area contributed by atoms with Crippen LogP contribution in [0.5, 0.6) is 0 Å². The van der Waals surface area contributed by atoms with Gasteiger partial charge in [-0.25, -0.2) is 22.6 Å². The van der Waals surface area contributed by atoms with E-state index >= 15 is 0 Å². The van der Waals surface area contributed by atoms with Gasteiger partial charge in [-0.15, -0.1) is 0 Å². The average Bonchev–Trinajstić information content (AvgIpc) is 2.65. The Morgan fingerprint density at radius 1 is 1.47 bits per heavy atom. The van der Waals surface area contributed by atoms with Gasteiger partial charge in [-0.05, 0) is 12.1 Å². The van der Waals surface area contributed by atoms with Gasteiger partial charge in [-0.2, -0.15) is 0 Å². The van der Waals surface area contributed by atoms with Gasteiger partial charge in [0, 0.05) is 0 Å². The third-order valence-corrected chi connectivity index (χ3v) is 1.47. The first-order valence-electron chi connectivity index (χ1n) is 3.99. The quantitative estimate of drug-likeness (QED) is 0.725. The maximum absolute atomic E-state index is 12.8. The minimum absolute atomic E-state index is 0.0107. The Bertz CT molecular complexity index is 342. The second-order valence-corrected chi connectivity index (χ2v) is 2.45. The Hall–Kier alpha value is -1.60. The lowest BCUT2D eigenvalue weighted by molar-refractivity contribution is 0.0418. The van der Waals surface area contributed by atoms with Crippen molar-refractivity contribution in [3.63, 3.8) is 0 Å². The molecule has 8 heteroatoms. The highest BCUT2D eigenvalue weighted by atomic mass is 19.3. The maximum atomic E-state index is 12.8. The van der Waals surface area contributed by atoms with E-state index in [4.69, 9.17) is 0 Å². The normalized spacial score (nSPS) is 12.9. The number of hydrogen-bond donors (Lipinski definition) is 0. The van der Waals surface area contributed by atoms with Gasteiger partial charge in [0.05, 0.1) is 6.61 Å². The molecule has 1 aromatic heterocycles. The lowest BCUT2D eigenvalue weighted by Gasteiger charge is -2.03. The van der Waals surface area contributed by atoms with Gasteiger partial charge in [-0.1, -0.05) is 5.16 Å². The van der Waals surface area contributed by atoms with Crippen LogP contribution in [-0.2, 0) is 4.74 Å². The molecule has 0 amide bonds. The van der Waals surface area contributed by atoms with Crippen molar-refractivity contribution < 1.29 is 27.3 Å². The van der Waals surface area contributed by atoms with Crippen molar-refractivity contribution in [1.82, 2.24) is 10.3 Å². The molecule has 1 rings (SSSR count). The summed E-state index contributed by atoms with van der Waals surface area (Å²) in [6, 6.07) is 0. The Labute approximate surface area is 82.2 Å². The number of esters is 1. The number of nitrogens with zero attached hydrogens (tertiary/aromatic N) is 2. The van der Waals surface area contributed by atoms with Crippen LogP contribution >= 0.6 is 0 Å². The van der Waals surface area contributed by atoms with Gasteiger partial charge in [-0.3, -0.25) is 0 Å². The summed E-state index contributed by atoms with van der Waals surface area (Å²) in [7, 11) is 0. The zero-order valence-electron chi connectivity index (χ0n) is 7.61. The van der Waals surface area contributed by atoms with Gasteiger partial charge in [0.25, 0.3) is 6.43 Å². The molecule has 0 aliphatic carbocycles. The van der Waals surface area contributed by atoms with Crippen LogP contribution in [0.15, 0.2) is 4.63 Å². The highest BCUT2D eigenvalue weighted by Gasteiger charge is 2.32. The van der Waals surface area contributed by atoms with Crippen molar-refractivity contribution in [2.75, 3.05) is 6.61 Å². The molecular formula is C7H7F3N2O3. The van der Waals surface area contributed by atoms with Crippen LogP contribution < -0.4 is 0 Å². The second-order valence-electron chi connectivity index (χ2n) is 2.45. The minimum atomic E-state index is -3.30. The zero-order chi connectivity index (χ0) is 11.4. The molecule has 1 heterocycles. The second kappa shape index (κ2) is 4.76. The molecular weight excluding hydrogens is 217 g/mol. The number of rotatable bonds is 4. The highest BCUT2D eigenvalue weighted by molar-refractivity contribution is 5.88. The average molecular weight is 224 g/mol. The number of alkyl halides is 3. The fourth-order valence-corrected chi connectivity index (χ4v) is 0.837. The molecule has 15 heavy (non-hydrogen) atoms. The van der Waals surface area contributed by atoms with Crippen molar-refractivity contribution in [1.29, 1.82) is 0 Å². The molecule has 1 unspecified atom stereocenters. The van der Waals surface area contributed by atoms with Crippen LogP contribution in [0.2, 0.25) is 0 Å². The Morgan fingerprint density at radius 2 is 2.13 bits per heavy atom. The molecule has 0 radical (unpaired) electrons. The first-order valence-corrected chi connectivity index (χ1v) is 3.99. The molecule has 0 spiro atoms. The van der Waals surface area contributed by atoms with Gasteiger partial charge in [0.2, 0.25) is 11.9 Å². The van der Waals surface area contributed by atoms with Crippen LogP contribution in [0.25, 0.3) is 0 Å². The van der Waals surface area contributed by atoms with E-state index in [1.807, 2.05) is 0 Å². The summed E-state index contributed by atoms with van der Waals surface area (Å²) < 4.78 is 45.3. The van der Waals surface area contributed by atoms with Gasteiger partial charge >= 0.3 is 5.97 Å². The fraction of sp³-hybridized carbons (Fsp3) is 0.571. The Kier molecular flexibility index (Phi) is 3.64. The summed E-state index contributed by atoms with van der Waals surface area (Å²) in [5, 5.41) is 5.90. The van der Waals surface area contributed by atoms with Gasteiger partial charge < -0.3 is 4.74 Å². The summed E-state index contributed by atoms with van der Waals surface area (Å²) >= 11 is 0. The molecule has 0 aromatic carbocycles. The Morgan fingerprint density at radius 3 is 2.67 bits per heavy atom. The van der Waals surface area contributed by atoms with Gasteiger partial charge in [0.1, 0.15) is 0 Å². The molecule has 0 fully saturated rings. The molecule has 0 N–H and O–H groups in total. The number of carbonyl (C=O) groups excluding carboxylic acids is 1. The van der Waals surface area contributed by atoms with Gasteiger partial charge in [0.15, 0.2) is 5.69 Å². The van der Waals surface area contributed by atoms with Crippen LogP contribution in [0.4, 0.5) is 13.2 Å². The smallest absolute Gasteiger partial charge is 0.362 e. The lowest BCUT2D eigenvalue weighted by atomic mass is 10.2. The fourth-order valence-electron chi connectivity index (χ4n) is 0.837. The number of halogens is 3. The summed E-state index contributed by atoms with van der Waals surface area (Å²) in [6.45, 7) is 1.52. The van der Waals surface area contributed by atoms with E-state index < -0.39 is 30.0 Å². The van der Waals surface area contributed by atoms with Crippen molar-refractivity contribution in [2.45, 2.75) is 19.5 Å². The summed E-state index contributed by atoms with van der Waals surface area (Å²) in [5.41, 5.74) is -1.51. The van der Waals surface area contributed by atoms with E-state index in [9.17, 15) is 18.0 Å². The largest absolute Gasteiger partial charge is 0.461 e. The monoisotopic (exact) mass is 224 g/mol. The molecule has 84 valence electrons. The predicted molar refractivity (Wildman–Crippen MR) is 40.1 cm³/mol. The predicted octanol–water partition coefficient (Wildman–Crippen LogP) is 1.52. The SMILES string of the molecule is CCOC(=O)c1nonc1C(F)C(F)F. The maximum Gasteiger partial charge on any atom is 0.362 e. The lowest BCUT2D eigenvalue weighted by Crippen LogP contribution is -2.12. The molecule has 1 aromatic rings. The third-order valence-electron chi connectivity index (χ3n) is 1.47. The Balaban J connectivity index is 2.91. The summed E-state index contributed by atoms with van der Waals surface area (Å²) in [5.74, 6) is -1.04. The molecule has 1 atom stereocenters. The molecule has 5 nitrogen and oxygen atoms in total. The van der Waals surface area contributed by atoms with Crippen LogP contribution in [0, 0.1) is 0 Å². The minimum Gasteiger partial charge on any atom is -0.461 e. The van der Waals surface area contributed by atoms with Crippen LogP contribution in [0.1, 0.15) is 29.3 Å². The van der Waals surface area contributed by atoms with Crippen molar-refractivity contribution >= 4 is 5.97 Å². The molecule has 0 saturated heterocycles. The van der Waals surface area contributed by atoms with Crippen LogP contribution in [-0.4, -0.2) is 29.3 Å². The first kappa shape index (κ1) is 11.5. The van der Waals surface area contributed by atoms with E-state index in [1.165, 1.54) is 6.92 Å². The standard InChI is InChI=1S/C7H7F3N2O3/c1-2-14-7(13)5-4(11-15-12-5)3(8)6(9)10/h3,6H,2H2,1H3. The third kappa shape index (κ3) is 2.45. The summed E-state index contributed by atoms with van der Waals surface area (Å²) in [4.78, 5) is 11.1. The number of hydrogen-bond acceptors (Lipinski definition) is 5. The van der Waals surface area contributed by atoms with Crippen molar-refractivity contribution in [3.8, 4) is 0 Å².